The number of anilines is 2. The molecule has 6 nitrogen and oxygen atoms in total. The SMILES string of the molecule is CCN(CC)c1nc(N)nc(OCC(F)(F)F)n1. The molecular weight excluding hydrogens is 251 g/mol. The molecule has 18 heavy (non-hydrogen) atoms. The second-order valence-corrected chi connectivity index (χ2v) is 3.35. The summed E-state index contributed by atoms with van der Waals surface area (Å²) in [6, 6.07) is -0.429. The fourth-order valence-corrected chi connectivity index (χ4v) is 1.22. The average Bonchev–Trinajstić information content (AvgIpc) is 2.26. The zero-order chi connectivity index (χ0) is 13.8. The lowest BCUT2D eigenvalue weighted by molar-refractivity contribution is -0.154. The van der Waals surface area contributed by atoms with E-state index < -0.39 is 18.8 Å². The fourth-order valence-electron chi connectivity index (χ4n) is 1.22. The average molecular weight is 265 g/mol. The van der Waals surface area contributed by atoms with E-state index in [2.05, 4.69) is 19.7 Å². The van der Waals surface area contributed by atoms with E-state index in [-0.39, 0.29) is 11.9 Å². The first-order chi connectivity index (χ1) is 8.35. The van der Waals surface area contributed by atoms with Gasteiger partial charge in [-0.2, -0.15) is 28.1 Å². The van der Waals surface area contributed by atoms with E-state index in [1.807, 2.05) is 13.8 Å². The zero-order valence-corrected chi connectivity index (χ0v) is 10.0. The third kappa shape index (κ3) is 4.22. The first-order valence-electron chi connectivity index (χ1n) is 5.31. The van der Waals surface area contributed by atoms with E-state index in [1.165, 1.54) is 0 Å². The van der Waals surface area contributed by atoms with Crippen molar-refractivity contribution < 1.29 is 17.9 Å². The lowest BCUT2D eigenvalue weighted by Crippen LogP contribution is -2.26. The quantitative estimate of drug-likeness (QED) is 0.863. The molecule has 0 spiro atoms. The van der Waals surface area contributed by atoms with Gasteiger partial charge in [0, 0.05) is 13.1 Å². The van der Waals surface area contributed by atoms with E-state index >= 15 is 0 Å². The van der Waals surface area contributed by atoms with Crippen LogP contribution in [0.1, 0.15) is 13.8 Å². The second kappa shape index (κ2) is 5.69. The van der Waals surface area contributed by atoms with Crippen molar-refractivity contribution in [3.05, 3.63) is 0 Å². The Hall–Kier alpha value is -1.80. The van der Waals surface area contributed by atoms with E-state index in [0.29, 0.717) is 13.1 Å². The summed E-state index contributed by atoms with van der Waals surface area (Å²) in [5.74, 6) is 0.0220. The van der Waals surface area contributed by atoms with E-state index in [4.69, 9.17) is 5.73 Å². The van der Waals surface area contributed by atoms with Crippen molar-refractivity contribution >= 4 is 11.9 Å². The third-order valence-corrected chi connectivity index (χ3v) is 2.03. The molecule has 0 atom stereocenters. The Balaban J connectivity index is 2.87. The summed E-state index contributed by atoms with van der Waals surface area (Å²) in [4.78, 5) is 12.8. The van der Waals surface area contributed by atoms with Gasteiger partial charge < -0.3 is 15.4 Å². The molecule has 0 fully saturated rings. The summed E-state index contributed by atoms with van der Waals surface area (Å²) in [5, 5.41) is 0. The van der Waals surface area contributed by atoms with Crippen molar-refractivity contribution in [1.29, 1.82) is 0 Å². The maximum Gasteiger partial charge on any atom is 0.422 e. The Morgan fingerprint density at radius 3 is 2.28 bits per heavy atom. The van der Waals surface area contributed by atoms with Crippen molar-refractivity contribution in [3.8, 4) is 6.01 Å². The molecule has 0 radical (unpaired) electrons. The molecule has 1 heterocycles. The minimum Gasteiger partial charge on any atom is -0.454 e. The van der Waals surface area contributed by atoms with Crippen LogP contribution in [0, 0.1) is 0 Å². The van der Waals surface area contributed by atoms with Crippen molar-refractivity contribution in [2.24, 2.45) is 0 Å². The molecule has 0 aliphatic heterocycles. The fraction of sp³-hybridized carbons (Fsp3) is 0.667. The molecule has 1 aromatic rings. The van der Waals surface area contributed by atoms with Gasteiger partial charge in [0.1, 0.15) is 0 Å². The highest BCUT2D eigenvalue weighted by Crippen LogP contribution is 2.18. The first-order valence-corrected chi connectivity index (χ1v) is 5.31. The Bertz CT molecular complexity index is 394. The van der Waals surface area contributed by atoms with Gasteiger partial charge in [-0.1, -0.05) is 0 Å². The summed E-state index contributed by atoms with van der Waals surface area (Å²) in [5.41, 5.74) is 5.40. The molecule has 1 aromatic heterocycles. The molecule has 0 aliphatic carbocycles. The first kappa shape index (κ1) is 14.3. The van der Waals surface area contributed by atoms with Gasteiger partial charge in [-0.25, -0.2) is 0 Å². The largest absolute Gasteiger partial charge is 0.454 e. The van der Waals surface area contributed by atoms with Crippen LogP contribution in [0.25, 0.3) is 0 Å². The number of hydrogen-bond donors (Lipinski definition) is 1. The maximum absolute atomic E-state index is 12.0. The van der Waals surface area contributed by atoms with Crippen molar-refractivity contribution in [2.45, 2.75) is 20.0 Å². The lowest BCUT2D eigenvalue weighted by Gasteiger charge is -2.18. The van der Waals surface area contributed by atoms with Crippen LogP contribution in [-0.2, 0) is 0 Å². The summed E-state index contributed by atoms with van der Waals surface area (Å²) in [6.07, 6.45) is -4.45. The van der Waals surface area contributed by atoms with Gasteiger partial charge >= 0.3 is 12.2 Å². The summed E-state index contributed by atoms with van der Waals surface area (Å²) in [7, 11) is 0. The molecule has 1 rings (SSSR count). The minimum absolute atomic E-state index is 0.177. The molecule has 2 N–H and O–H groups in total. The highest BCUT2D eigenvalue weighted by molar-refractivity contribution is 5.35. The van der Waals surface area contributed by atoms with Crippen LogP contribution in [0.2, 0.25) is 0 Å². The van der Waals surface area contributed by atoms with Crippen LogP contribution in [0.15, 0.2) is 0 Å². The van der Waals surface area contributed by atoms with E-state index in [9.17, 15) is 13.2 Å². The predicted octanol–water partition coefficient (Wildman–Crippen LogP) is 1.24. The molecule has 9 heteroatoms. The summed E-state index contributed by atoms with van der Waals surface area (Å²) in [6.45, 7) is 3.45. The Labute approximate surface area is 102 Å². The Morgan fingerprint density at radius 1 is 1.17 bits per heavy atom. The molecule has 0 saturated carbocycles. The lowest BCUT2D eigenvalue weighted by atomic mass is 10.5. The number of hydrogen-bond acceptors (Lipinski definition) is 6. The van der Waals surface area contributed by atoms with Gasteiger partial charge in [0.2, 0.25) is 11.9 Å². The second-order valence-electron chi connectivity index (χ2n) is 3.35. The van der Waals surface area contributed by atoms with Crippen molar-refractivity contribution in [1.82, 2.24) is 15.0 Å². The van der Waals surface area contributed by atoms with Gasteiger partial charge in [0.25, 0.3) is 0 Å². The number of nitrogen functional groups attached to an aromatic ring is 1. The van der Waals surface area contributed by atoms with Gasteiger partial charge in [-0.05, 0) is 13.8 Å². The highest BCUT2D eigenvalue weighted by Gasteiger charge is 2.29. The monoisotopic (exact) mass is 265 g/mol. The summed E-state index contributed by atoms with van der Waals surface area (Å²) >= 11 is 0. The Morgan fingerprint density at radius 2 is 1.78 bits per heavy atom. The number of aromatic nitrogens is 3. The van der Waals surface area contributed by atoms with Gasteiger partial charge in [-0.3, -0.25) is 0 Å². The van der Waals surface area contributed by atoms with Gasteiger partial charge in [0.05, 0.1) is 0 Å². The van der Waals surface area contributed by atoms with Crippen LogP contribution < -0.4 is 15.4 Å². The number of nitrogens with two attached hydrogens (primary N) is 1. The molecule has 0 bridgehead atoms. The number of nitrogens with zero attached hydrogens (tertiary/aromatic N) is 4. The standard InChI is InChI=1S/C9H14F3N5O/c1-3-17(4-2)7-14-6(13)15-8(16-7)18-5-9(10,11)12/h3-5H2,1-2H3,(H2,13,14,15,16). The minimum atomic E-state index is -4.45. The maximum atomic E-state index is 12.0. The predicted molar refractivity (Wildman–Crippen MR) is 59.4 cm³/mol. The number of rotatable bonds is 5. The zero-order valence-electron chi connectivity index (χ0n) is 10.0. The van der Waals surface area contributed by atoms with Crippen LogP contribution in [0.5, 0.6) is 6.01 Å². The topological polar surface area (TPSA) is 77.2 Å². The normalized spacial score (nSPS) is 11.4. The van der Waals surface area contributed by atoms with Gasteiger partial charge in [-0.15, -0.1) is 0 Å². The molecule has 0 aromatic carbocycles. The van der Waals surface area contributed by atoms with Crippen LogP contribution in [-0.4, -0.2) is 40.8 Å². The van der Waals surface area contributed by atoms with Crippen molar-refractivity contribution in [2.75, 3.05) is 30.3 Å². The molecule has 102 valence electrons. The van der Waals surface area contributed by atoms with Crippen LogP contribution >= 0.6 is 0 Å². The van der Waals surface area contributed by atoms with E-state index in [1.54, 1.807) is 4.90 Å². The molecule has 0 unspecified atom stereocenters. The number of alkyl halides is 3. The third-order valence-electron chi connectivity index (χ3n) is 2.03. The van der Waals surface area contributed by atoms with Gasteiger partial charge in [0.15, 0.2) is 6.61 Å². The number of halogens is 3. The number of ether oxygens (including phenoxy) is 1. The molecule has 0 saturated heterocycles. The molecular formula is C9H14F3N5O. The van der Waals surface area contributed by atoms with Crippen molar-refractivity contribution in [3.63, 3.8) is 0 Å². The summed E-state index contributed by atoms with van der Waals surface area (Å²) < 4.78 is 40.4. The molecule has 0 aliphatic rings. The smallest absolute Gasteiger partial charge is 0.422 e. The Kier molecular flexibility index (Phi) is 4.51. The van der Waals surface area contributed by atoms with Crippen LogP contribution in [0.3, 0.4) is 0 Å². The van der Waals surface area contributed by atoms with Crippen LogP contribution in [0.4, 0.5) is 25.1 Å². The van der Waals surface area contributed by atoms with E-state index in [0.717, 1.165) is 0 Å². The molecule has 0 amide bonds. The highest BCUT2D eigenvalue weighted by atomic mass is 19.4.